The Bertz CT molecular complexity index is 347. The van der Waals surface area contributed by atoms with Crippen LogP contribution in [0.15, 0.2) is 30.3 Å². The van der Waals surface area contributed by atoms with Crippen molar-refractivity contribution in [2.75, 3.05) is 0 Å². The van der Waals surface area contributed by atoms with E-state index < -0.39 is 0 Å². The van der Waals surface area contributed by atoms with E-state index in [1.165, 1.54) is 31.2 Å². The molecule has 0 aromatic heterocycles. The van der Waals surface area contributed by atoms with Gasteiger partial charge in [-0.3, -0.25) is 5.32 Å². The van der Waals surface area contributed by atoms with Crippen LogP contribution in [-0.2, 0) is 6.54 Å². The molecule has 1 N–H and O–H groups in total. The van der Waals surface area contributed by atoms with Crippen LogP contribution in [0.25, 0.3) is 0 Å². The fourth-order valence-corrected chi connectivity index (χ4v) is 2.43. The van der Waals surface area contributed by atoms with Gasteiger partial charge < -0.3 is 0 Å². The first-order chi connectivity index (χ1) is 7.90. The van der Waals surface area contributed by atoms with Crippen LogP contribution in [0.5, 0.6) is 0 Å². The maximum Gasteiger partial charge on any atom is 0.0984 e. The molecule has 0 bridgehead atoms. The molecule has 1 aromatic rings. The van der Waals surface area contributed by atoms with Gasteiger partial charge in [0.1, 0.15) is 0 Å². The monoisotopic (exact) mass is 214 g/mol. The molecule has 0 saturated heterocycles. The third-order valence-corrected chi connectivity index (χ3v) is 3.38. The maximum absolute atomic E-state index is 9.15. The first-order valence-electron chi connectivity index (χ1n) is 6.07. The number of nitrogens with zero attached hydrogens (tertiary/aromatic N) is 1. The summed E-state index contributed by atoms with van der Waals surface area (Å²) in [6.45, 7) is 0.801. The molecule has 1 aliphatic carbocycles. The first-order valence-corrected chi connectivity index (χ1v) is 6.07. The van der Waals surface area contributed by atoms with Crippen molar-refractivity contribution in [2.45, 2.75) is 38.3 Å². The third kappa shape index (κ3) is 2.84. The lowest BCUT2D eigenvalue weighted by Gasteiger charge is -2.17. The van der Waals surface area contributed by atoms with E-state index in [0.717, 1.165) is 6.54 Å². The van der Waals surface area contributed by atoms with E-state index in [9.17, 15) is 0 Å². The van der Waals surface area contributed by atoms with Crippen molar-refractivity contribution in [2.24, 2.45) is 5.92 Å². The summed E-state index contributed by atoms with van der Waals surface area (Å²) in [4.78, 5) is 0. The largest absolute Gasteiger partial charge is 0.298 e. The lowest BCUT2D eigenvalue weighted by molar-refractivity contribution is 0.420. The lowest BCUT2D eigenvalue weighted by atomic mass is 9.99. The number of nitrogens with one attached hydrogen (secondary N) is 1. The second kappa shape index (κ2) is 5.67. The summed E-state index contributed by atoms with van der Waals surface area (Å²) >= 11 is 0. The van der Waals surface area contributed by atoms with E-state index in [-0.39, 0.29) is 6.04 Å². The van der Waals surface area contributed by atoms with Gasteiger partial charge >= 0.3 is 0 Å². The van der Waals surface area contributed by atoms with E-state index in [2.05, 4.69) is 23.5 Å². The molecule has 2 nitrogen and oxygen atoms in total. The Hall–Kier alpha value is -1.33. The third-order valence-electron chi connectivity index (χ3n) is 3.38. The molecule has 1 atom stereocenters. The summed E-state index contributed by atoms with van der Waals surface area (Å²) in [6.07, 6.45) is 4.99. The van der Waals surface area contributed by atoms with Gasteiger partial charge in [0.25, 0.3) is 0 Å². The Morgan fingerprint density at radius 3 is 2.56 bits per heavy atom. The Kier molecular flexibility index (Phi) is 3.96. The highest BCUT2D eigenvalue weighted by Gasteiger charge is 2.24. The van der Waals surface area contributed by atoms with Gasteiger partial charge in [-0.15, -0.1) is 0 Å². The number of benzene rings is 1. The Balaban J connectivity index is 1.86. The van der Waals surface area contributed by atoms with Crippen molar-refractivity contribution >= 4 is 0 Å². The van der Waals surface area contributed by atoms with Crippen LogP contribution < -0.4 is 5.32 Å². The van der Waals surface area contributed by atoms with Crippen LogP contribution >= 0.6 is 0 Å². The van der Waals surface area contributed by atoms with Crippen LogP contribution in [-0.4, -0.2) is 6.04 Å². The predicted molar refractivity (Wildman–Crippen MR) is 64.6 cm³/mol. The Morgan fingerprint density at radius 1 is 1.25 bits per heavy atom. The molecular formula is C14H18N2. The van der Waals surface area contributed by atoms with Crippen LogP contribution in [0.2, 0.25) is 0 Å². The van der Waals surface area contributed by atoms with Crippen LogP contribution in [0.4, 0.5) is 0 Å². The molecule has 0 spiro atoms. The second-order valence-corrected chi connectivity index (χ2v) is 4.52. The summed E-state index contributed by atoms with van der Waals surface area (Å²) in [5.41, 5.74) is 1.25. The van der Waals surface area contributed by atoms with Crippen LogP contribution in [0.1, 0.15) is 31.2 Å². The smallest absolute Gasteiger partial charge is 0.0984 e. The zero-order valence-corrected chi connectivity index (χ0v) is 9.52. The Labute approximate surface area is 97.3 Å². The zero-order chi connectivity index (χ0) is 11.2. The minimum Gasteiger partial charge on any atom is -0.298 e. The molecule has 0 radical (unpaired) electrons. The summed E-state index contributed by atoms with van der Waals surface area (Å²) in [5.74, 6) is 0.564. The molecular weight excluding hydrogens is 196 g/mol. The minimum atomic E-state index is 0.0303. The van der Waals surface area contributed by atoms with E-state index in [0.29, 0.717) is 5.92 Å². The highest BCUT2D eigenvalue weighted by molar-refractivity contribution is 5.15. The van der Waals surface area contributed by atoms with Crippen molar-refractivity contribution in [3.8, 4) is 6.07 Å². The van der Waals surface area contributed by atoms with Crippen molar-refractivity contribution in [3.05, 3.63) is 35.9 Å². The van der Waals surface area contributed by atoms with Gasteiger partial charge in [-0.05, 0) is 24.3 Å². The minimum absolute atomic E-state index is 0.0303. The maximum atomic E-state index is 9.15. The van der Waals surface area contributed by atoms with E-state index in [1.807, 2.05) is 18.2 Å². The molecule has 1 unspecified atom stereocenters. The summed E-state index contributed by atoms with van der Waals surface area (Å²) in [7, 11) is 0. The lowest BCUT2D eigenvalue weighted by Crippen LogP contribution is -2.33. The molecule has 1 fully saturated rings. The molecule has 0 amide bonds. The average molecular weight is 214 g/mol. The van der Waals surface area contributed by atoms with E-state index in [1.54, 1.807) is 0 Å². The molecule has 0 aliphatic heterocycles. The fraction of sp³-hybridized carbons (Fsp3) is 0.500. The van der Waals surface area contributed by atoms with Gasteiger partial charge in [0.05, 0.1) is 12.1 Å². The highest BCUT2D eigenvalue weighted by atomic mass is 14.9. The number of hydrogen-bond donors (Lipinski definition) is 1. The Morgan fingerprint density at radius 2 is 1.94 bits per heavy atom. The van der Waals surface area contributed by atoms with Crippen LogP contribution in [0.3, 0.4) is 0 Å². The quantitative estimate of drug-likeness (QED) is 0.836. The van der Waals surface area contributed by atoms with Gasteiger partial charge in [-0.1, -0.05) is 43.2 Å². The van der Waals surface area contributed by atoms with Crippen molar-refractivity contribution in [1.82, 2.24) is 5.32 Å². The number of hydrogen-bond acceptors (Lipinski definition) is 2. The van der Waals surface area contributed by atoms with Crippen LogP contribution in [0, 0.1) is 17.2 Å². The summed E-state index contributed by atoms with van der Waals surface area (Å²) in [6, 6.07) is 12.7. The van der Waals surface area contributed by atoms with Crippen molar-refractivity contribution in [1.29, 1.82) is 5.26 Å². The van der Waals surface area contributed by atoms with Crippen molar-refractivity contribution < 1.29 is 0 Å². The van der Waals surface area contributed by atoms with Gasteiger partial charge in [-0.25, -0.2) is 0 Å². The normalized spacial score (nSPS) is 18.2. The molecule has 1 aromatic carbocycles. The van der Waals surface area contributed by atoms with E-state index >= 15 is 0 Å². The van der Waals surface area contributed by atoms with Crippen molar-refractivity contribution in [3.63, 3.8) is 0 Å². The van der Waals surface area contributed by atoms with Gasteiger partial charge in [0, 0.05) is 6.54 Å². The van der Waals surface area contributed by atoms with Gasteiger partial charge in [0.15, 0.2) is 0 Å². The molecule has 2 heteroatoms. The standard InChI is InChI=1S/C14H18N2/c15-10-14(13-8-4-5-9-13)16-11-12-6-2-1-3-7-12/h1-3,6-7,13-14,16H,4-5,8-9,11H2. The molecule has 0 heterocycles. The summed E-state index contributed by atoms with van der Waals surface area (Å²) in [5, 5.41) is 12.5. The van der Waals surface area contributed by atoms with Gasteiger partial charge in [0.2, 0.25) is 0 Å². The zero-order valence-electron chi connectivity index (χ0n) is 9.52. The molecule has 84 valence electrons. The summed E-state index contributed by atoms with van der Waals surface area (Å²) < 4.78 is 0. The fourth-order valence-electron chi connectivity index (χ4n) is 2.43. The molecule has 1 saturated carbocycles. The van der Waals surface area contributed by atoms with E-state index in [4.69, 9.17) is 5.26 Å². The number of rotatable bonds is 4. The average Bonchev–Trinajstić information content (AvgIpc) is 2.85. The van der Waals surface area contributed by atoms with Gasteiger partial charge in [-0.2, -0.15) is 5.26 Å². The molecule has 2 rings (SSSR count). The second-order valence-electron chi connectivity index (χ2n) is 4.52. The predicted octanol–water partition coefficient (Wildman–Crippen LogP) is 2.86. The first kappa shape index (κ1) is 11.2. The SMILES string of the molecule is N#CC(NCc1ccccc1)C1CCCC1. The highest BCUT2D eigenvalue weighted by Crippen LogP contribution is 2.27. The molecule has 1 aliphatic rings. The molecule has 16 heavy (non-hydrogen) atoms. The number of nitriles is 1. The topological polar surface area (TPSA) is 35.8 Å².